The zero-order valence-corrected chi connectivity index (χ0v) is 15.7. The molecule has 6 nitrogen and oxygen atoms in total. The third-order valence-electron chi connectivity index (χ3n) is 4.57. The number of hydrogen-bond donors (Lipinski definition) is 4. The average molecular weight is 361 g/mol. The van der Waals surface area contributed by atoms with E-state index in [1.54, 1.807) is 0 Å². The van der Waals surface area contributed by atoms with Crippen LogP contribution in [0.15, 0.2) is 35.3 Å². The van der Waals surface area contributed by atoms with Gasteiger partial charge in [-0.15, -0.1) is 0 Å². The molecular weight excluding hydrogens is 328 g/mol. The van der Waals surface area contributed by atoms with Crippen LogP contribution in [0.25, 0.3) is 0 Å². The molecule has 0 spiro atoms. The number of hydrogen-bond acceptors (Lipinski definition) is 3. The molecule has 1 atom stereocenters. The number of aliphatic imine (C=N–C) groups is 1. The van der Waals surface area contributed by atoms with Crippen LogP contribution in [0.4, 0.5) is 0 Å². The Balaban J connectivity index is 1.69. The van der Waals surface area contributed by atoms with Crippen LogP contribution in [0.3, 0.4) is 0 Å². The maximum atomic E-state index is 12.0. The highest BCUT2D eigenvalue weighted by atomic mass is 16.3. The summed E-state index contributed by atoms with van der Waals surface area (Å²) in [6.45, 7) is 3.81. The van der Waals surface area contributed by atoms with E-state index in [9.17, 15) is 9.90 Å². The van der Waals surface area contributed by atoms with Crippen molar-refractivity contribution in [2.75, 3.05) is 19.6 Å². The Morgan fingerprint density at radius 3 is 2.65 bits per heavy atom. The van der Waals surface area contributed by atoms with Gasteiger partial charge >= 0.3 is 0 Å². The lowest BCUT2D eigenvalue weighted by atomic mass is 10.1. The van der Waals surface area contributed by atoms with Crippen LogP contribution in [0.1, 0.15) is 57.1 Å². The van der Waals surface area contributed by atoms with Crippen molar-refractivity contribution in [3.63, 3.8) is 0 Å². The Hall–Kier alpha value is -2.08. The number of carbonyl (C=O) groups is 1. The molecule has 0 aromatic heterocycles. The van der Waals surface area contributed by atoms with Crippen LogP contribution in [0, 0.1) is 0 Å². The van der Waals surface area contributed by atoms with Gasteiger partial charge in [-0.3, -0.25) is 9.79 Å². The molecule has 1 amide bonds. The first kappa shape index (κ1) is 20.2. The molecule has 144 valence electrons. The molecule has 1 aliphatic rings. The van der Waals surface area contributed by atoms with Crippen LogP contribution < -0.4 is 16.0 Å². The van der Waals surface area contributed by atoms with E-state index in [1.807, 2.05) is 37.3 Å². The molecular formula is C20H32N4O2. The number of benzene rings is 1. The van der Waals surface area contributed by atoms with Crippen molar-refractivity contribution in [2.24, 2.45) is 4.99 Å². The lowest BCUT2D eigenvalue weighted by molar-refractivity contribution is -0.121. The summed E-state index contributed by atoms with van der Waals surface area (Å²) >= 11 is 0. The van der Waals surface area contributed by atoms with E-state index >= 15 is 0 Å². The van der Waals surface area contributed by atoms with Gasteiger partial charge in [-0.1, -0.05) is 43.2 Å². The lowest BCUT2D eigenvalue weighted by Gasteiger charge is -2.14. The van der Waals surface area contributed by atoms with Crippen LogP contribution >= 0.6 is 0 Å². The van der Waals surface area contributed by atoms with Gasteiger partial charge in [0.1, 0.15) is 0 Å². The standard InChI is InChI=1S/C20H32N4O2/c1-2-21-20(22-14-12-18(25)16-8-4-3-5-9-16)23-15-13-19(26)24-17-10-6-7-11-17/h3-5,8-9,17-18,25H,2,6-7,10-15H2,1H3,(H,24,26)(H2,21,22,23). The van der Waals surface area contributed by atoms with Gasteiger partial charge in [0.15, 0.2) is 5.96 Å². The fraction of sp³-hybridized carbons (Fsp3) is 0.600. The second-order valence-electron chi connectivity index (χ2n) is 6.70. The molecule has 0 saturated heterocycles. The number of nitrogens with one attached hydrogen (secondary N) is 3. The number of aliphatic hydroxyl groups is 1. The van der Waals surface area contributed by atoms with E-state index in [-0.39, 0.29) is 5.91 Å². The SMILES string of the molecule is CCNC(=NCCC(O)c1ccccc1)NCCC(=O)NC1CCCC1. The molecule has 1 aliphatic carbocycles. The van der Waals surface area contributed by atoms with Crippen LogP contribution in [-0.4, -0.2) is 42.6 Å². The maximum absolute atomic E-state index is 12.0. The summed E-state index contributed by atoms with van der Waals surface area (Å²) in [5.74, 6) is 0.779. The van der Waals surface area contributed by atoms with Gasteiger partial charge in [0.05, 0.1) is 6.10 Å². The Kier molecular flexibility index (Phi) is 8.96. The zero-order valence-electron chi connectivity index (χ0n) is 15.7. The van der Waals surface area contributed by atoms with Crippen molar-refractivity contribution >= 4 is 11.9 Å². The summed E-state index contributed by atoms with van der Waals surface area (Å²) in [5.41, 5.74) is 0.907. The van der Waals surface area contributed by atoms with Crippen LogP contribution in [-0.2, 0) is 4.79 Å². The summed E-state index contributed by atoms with van der Waals surface area (Å²) in [6.07, 6.45) is 5.13. The van der Waals surface area contributed by atoms with Gasteiger partial charge < -0.3 is 21.1 Å². The summed E-state index contributed by atoms with van der Waals surface area (Å²) in [5, 5.41) is 19.6. The predicted molar refractivity (Wildman–Crippen MR) is 105 cm³/mol. The number of aliphatic hydroxyl groups excluding tert-OH is 1. The van der Waals surface area contributed by atoms with Crippen LogP contribution in [0.2, 0.25) is 0 Å². The number of amides is 1. The Morgan fingerprint density at radius 1 is 1.23 bits per heavy atom. The number of nitrogens with zero attached hydrogens (tertiary/aromatic N) is 1. The molecule has 1 aromatic carbocycles. The fourth-order valence-electron chi connectivity index (χ4n) is 3.15. The van der Waals surface area contributed by atoms with Crippen molar-refractivity contribution in [1.82, 2.24) is 16.0 Å². The van der Waals surface area contributed by atoms with E-state index in [0.717, 1.165) is 24.9 Å². The second-order valence-corrected chi connectivity index (χ2v) is 6.70. The van der Waals surface area contributed by atoms with Gasteiger partial charge in [0, 0.05) is 32.1 Å². The molecule has 1 saturated carbocycles. The maximum Gasteiger partial charge on any atom is 0.221 e. The molecule has 0 aliphatic heterocycles. The molecule has 1 aromatic rings. The number of rotatable bonds is 9. The van der Waals surface area contributed by atoms with Gasteiger partial charge in [-0.25, -0.2) is 0 Å². The topological polar surface area (TPSA) is 85.8 Å². The third-order valence-corrected chi connectivity index (χ3v) is 4.57. The highest BCUT2D eigenvalue weighted by molar-refractivity contribution is 5.81. The first-order valence-electron chi connectivity index (χ1n) is 9.73. The van der Waals surface area contributed by atoms with E-state index in [1.165, 1.54) is 12.8 Å². The largest absolute Gasteiger partial charge is 0.388 e. The Bertz CT molecular complexity index is 556. The number of carbonyl (C=O) groups excluding carboxylic acids is 1. The van der Waals surface area contributed by atoms with Crippen molar-refractivity contribution in [3.05, 3.63) is 35.9 Å². The van der Waals surface area contributed by atoms with E-state index in [4.69, 9.17) is 0 Å². The molecule has 2 rings (SSSR count). The van der Waals surface area contributed by atoms with Crippen molar-refractivity contribution < 1.29 is 9.90 Å². The highest BCUT2D eigenvalue weighted by Gasteiger charge is 2.16. The first-order valence-corrected chi connectivity index (χ1v) is 9.73. The third kappa shape index (κ3) is 7.44. The molecule has 1 unspecified atom stereocenters. The van der Waals surface area contributed by atoms with E-state index in [2.05, 4.69) is 20.9 Å². The van der Waals surface area contributed by atoms with Gasteiger partial charge in [-0.05, 0) is 31.7 Å². The van der Waals surface area contributed by atoms with Gasteiger partial charge in [-0.2, -0.15) is 0 Å². The molecule has 0 bridgehead atoms. The van der Waals surface area contributed by atoms with E-state index < -0.39 is 6.10 Å². The highest BCUT2D eigenvalue weighted by Crippen LogP contribution is 2.17. The Morgan fingerprint density at radius 2 is 1.96 bits per heavy atom. The summed E-state index contributed by atoms with van der Waals surface area (Å²) < 4.78 is 0. The number of guanidine groups is 1. The van der Waals surface area contributed by atoms with E-state index in [0.29, 0.717) is 37.9 Å². The van der Waals surface area contributed by atoms with Crippen molar-refractivity contribution in [1.29, 1.82) is 0 Å². The minimum atomic E-state index is -0.514. The van der Waals surface area contributed by atoms with Crippen LogP contribution in [0.5, 0.6) is 0 Å². The first-order chi connectivity index (χ1) is 12.7. The quantitative estimate of drug-likeness (QED) is 0.401. The zero-order chi connectivity index (χ0) is 18.6. The van der Waals surface area contributed by atoms with Crippen molar-refractivity contribution in [2.45, 2.75) is 57.6 Å². The summed E-state index contributed by atoms with van der Waals surface area (Å²) in [4.78, 5) is 16.4. The summed E-state index contributed by atoms with van der Waals surface area (Å²) in [7, 11) is 0. The van der Waals surface area contributed by atoms with Gasteiger partial charge in [0.2, 0.25) is 5.91 Å². The smallest absolute Gasteiger partial charge is 0.221 e. The lowest BCUT2D eigenvalue weighted by Crippen LogP contribution is -2.40. The van der Waals surface area contributed by atoms with Crippen molar-refractivity contribution in [3.8, 4) is 0 Å². The predicted octanol–water partition coefficient (Wildman–Crippen LogP) is 2.11. The Labute approximate surface area is 156 Å². The average Bonchev–Trinajstić information content (AvgIpc) is 3.15. The normalized spacial score (nSPS) is 16.3. The molecule has 26 heavy (non-hydrogen) atoms. The second kappa shape index (κ2) is 11.5. The summed E-state index contributed by atoms with van der Waals surface area (Å²) in [6, 6.07) is 9.98. The molecule has 6 heteroatoms. The molecule has 4 N–H and O–H groups in total. The molecule has 1 fully saturated rings. The van der Waals surface area contributed by atoms with Gasteiger partial charge in [0.25, 0.3) is 0 Å². The molecule has 0 radical (unpaired) electrons. The minimum absolute atomic E-state index is 0.0970. The fourth-order valence-corrected chi connectivity index (χ4v) is 3.15. The monoisotopic (exact) mass is 360 g/mol. The molecule has 0 heterocycles. The minimum Gasteiger partial charge on any atom is -0.388 e.